The number of phenolic OH excluding ortho intramolecular Hbond substituents is 1. The van der Waals surface area contributed by atoms with Gasteiger partial charge in [-0.05, 0) is 29.8 Å². The van der Waals surface area contributed by atoms with Crippen molar-refractivity contribution in [1.29, 1.82) is 0 Å². The molecule has 0 heterocycles. The van der Waals surface area contributed by atoms with Crippen molar-refractivity contribution < 1.29 is 14.6 Å². The molecule has 0 aliphatic heterocycles. The maximum Gasteiger partial charge on any atom is 0.161 e. The summed E-state index contributed by atoms with van der Waals surface area (Å²) in [4.78, 5) is 11.2. The number of benzene rings is 2. The van der Waals surface area contributed by atoms with Gasteiger partial charge in [-0.15, -0.1) is 0 Å². The topological polar surface area (TPSA) is 46.5 Å². The van der Waals surface area contributed by atoms with Gasteiger partial charge in [0.05, 0.1) is 7.11 Å². The molecule has 3 nitrogen and oxygen atoms in total. The van der Waals surface area contributed by atoms with Crippen LogP contribution in [0.25, 0.3) is 11.1 Å². The van der Waals surface area contributed by atoms with Crippen LogP contribution >= 0.6 is 23.2 Å². The van der Waals surface area contributed by atoms with Crippen LogP contribution in [0, 0.1) is 0 Å². The van der Waals surface area contributed by atoms with Gasteiger partial charge in [0.25, 0.3) is 0 Å². The Balaban J connectivity index is 2.67. The average Bonchev–Trinajstić information content (AvgIpc) is 2.38. The van der Waals surface area contributed by atoms with E-state index >= 15 is 0 Å². The Kier molecular flexibility index (Phi) is 3.98. The fraction of sp³-hybridized carbons (Fsp3) is 0.0714. The molecule has 0 unspecified atom stereocenters. The van der Waals surface area contributed by atoms with E-state index in [-0.39, 0.29) is 11.5 Å². The third-order valence-corrected chi connectivity index (χ3v) is 3.25. The molecule has 0 aromatic heterocycles. The van der Waals surface area contributed by atoms with Gasteiger partial charge in [0.2, 0.25) is 0 Å². The zero-order chi connectivity index (χ0) is 14.0. The molecule has 2 aromatic rings. The normalized spacial score (nSPS) is 10.3. The number of ether oxygens (including phenoxy) is 1. The molecule has 5 heteroatoms. The van der Waals surface area contributed by atoms with Gasteiger partial charge in [-0.1, -0.05) is 29.3 Å². The fourth-order valence-corrected chi connectivity index (χ4v) is 2.30. The molecular weight excluding hydrogens is 287 g/mol. The average molecular weight is 297 g/mol. The minimum atomic E-state index is -0.0610. The lowest BCUT2D eigenvalue weighted by Crippen LogP contribution is -1.92. The number of hydrogen-bond donors (Lipinski definition) is 1. The van der Waals surface area contributed by atoms with E-state index in [0.29, 0.717) is 33.0 Å². The molecule has 98 valence electrons. The summed E-state index contributed by atoms with van der Waals surface area (Å²) >= 11 is 11.9. The number of carbonyl (C=O) groups is 1. The van der Waals surface area contributed by atoms with Gasteiger partial charge in [0, 0.05) is 21.2 Å². The van der Waals surface area contributed by atoms with Gasteiger partial charge in [-0.25, -0.2) is 0 Å². The largest absolute Gasteiger partial charge is 0.504 e. The molecule has 0 aliphatic rings. The van der Waals surface area contributed by atoms with E-state index in [1.165, 1.54) is 19.2 Å². The monoisotopic (exact) mass is 296 g/mol. The highest BCUT2D eigenvalue weighted by molar-refractivity contribution is 6.36. The van der Waals surface area contributed by atoms with Crippen molar-refractivity contribution in [2.75, 3.05) is 7.11 Å². The van der Waals surface area contributed by atoms with Crippen molar-refractivity contribution in [1.82, 2.24) is 0 Å². The summed E-state index contributed by atoms with van der Waals surface area (Å²) in [5, 5.41) is 10.7. The summed E-state index contributed by atoms with van der Waals surface area (Å²) in [5.41, 5.74) is 1.51. The van der Waals surface area contributed by atoms with Crippen LogP contribution in [0.4, 0.5) is 0 Å². The third-order valence-electron chi connectivity index (χ3n) is 2.70. The Morgan fingerprint density at radius 1 is 1.16 bits per heavy atom. The highest BCUT2D eigenvalue weighted by atomic mass is 35.5. The maximum atomic E-state index is 11.2. The Morgan fingerprint density at radius 3 is 2.47 bits per heavy atom. The fourth-order valence-electron chi connectivity index (χ4n) is 1.79. The number of aldehydes is 1. The SMILES string of the molecule is COc1cc(C=O)c(-c2ccc(Cl)cc2Cl)cc1O. The van der Waals surface area contributed by atoms with Gasteiger partial charge in [0.15, 0.2) is 17.8 Å². The van der Waals surface area contributed by atoms with Crippen LogP contribution in [-0.2, 0) is 0 Å². The van der Waals surface area contributed by atoms with Crippen molar-refractivity contribution in [3.63, 3.8) is 0 Å². The lowest BCUT2D eigenvalue weighted by molar-refractivity contribution is 0.112. The van der Waals surface area contributed by atoms with E-state index in [9.17, 15) is 9.90 Å². The Labute approximate surface area is 120 Å². The minimum Gasteiger partial charge on any atom is -0.504 e. The summed E-state index contributed by atoms with van der Waals surface area (Å²) in [5.74, 6) is 0.171. The molecular formula is C14H10Cl2O3. The van der Waals surface area contributed by atoms with Gasteiger partial charge in [-0.2, -0.15) is 0 Å². The predicted molar refractivity (Wildman–Crippen MR) is 75.5 cm³/mol. The number of halogens is 2. The van der Waals surface area contributed by atoms with Crippen molar-refractivity contribution in [3.05, 3.63) is 45.9 Å². The molecule has 0 saturated carbocycles. The molecule has 1 N–H and O–H groups in total. The summed E-state index contributed by atoms with van der Waals surface area (Å²) < 4.78 is 4.96. The van der Waals surface area contributed by atoms with Crippen molar-refractivity contribution in [2.24, 2.45) is 0 Å². The van der Waals surface area contributed by atoms with E-state index in [2.05, 4.69) is 0 Å². The molecule has 0 saturated heterocycles. The Hall–Kier alpha value is -1.71. The summed E-state index contributed by atoms with van der Waals surface area (Å²) in [6, 6.07) is 7.84. The Morgan fingerprint density at radius 2 is 1.89 bits per heavy atom. The number of aromatic hydroxyl groups is 1. The van der Waals surface area contributed by atoms with Crippen molar-refractivity contribution >= 4 is 29.5 Å². The number of rotatable bonds is 3. The summed E-state index contributed by atoms with van der Waals surface area (Å²) in [6.07, 6.45) is 0.683. The van der Waals surface area contributed by atoms with E-state index in [4.69, 9.17) is 27.9 Å². The zero-order valence-electron chi connectivity index (χ0n) is 9.98. The van der Waals surface area contributed by atoms with E-state index in [1.807, 2.05) is 0 Å². The van der Waals surface area contributed by atoms with Crippen LogP contribution in [-0.4, -0.2) is 18.5 Å². The third kappa shape index (κ3) is 2.67. The maximum absolute atomic E-state index is 11.2. The first-order valence-electron chi connectivity index (χ1n) is 5.38. The van der Waals surface area contributed by atoms with Crippen LogP contribution in [0.15, 0.2) is 30.3 Å². The molecule has 2 rings (SSSR count). The molecule has 2 aromatic carbocycles. The first-order valence-corrected chi connectivity index (χ1v) is 6.14. The molecule has 0 amide bonds. The molecule has 0 spiro atoms. The smallest absolute Gasteiger partial charge is 0.161 e. The van der Waals surface area contributed by atoms with Crippen LogP contribution in [0.3, 0.4) is 0 Å². The summed E-state index contributed by atoms with van der Waals surface area (Å²) in [6.45, 7) is 0. The molecule has 0 radical (unpaired) electrons. The highest BCUT2D eigenvalue weighted by Crippen LogP contribution is 2.37. The molecule has 0 fully saturated rings. The Bertz CT molecular complexity index is 639. The lowest BCUT2D eigenvalue weighted by atomic mass is 9.99. The quantitative estimate of drug-likeness (QED) is 0.864. The van der Waals surface area contributed by atoms with E-state index in [0.717, 1.165) is 0 Å². The first kappa shape index (κ1) is 13.7. The van der Waals surface area contributed by atoms with Crippen molar-refractivity contribution in [2.45, 2.75) is 0 Å². The van der Waals surface area contributed by atoms with Gasteiger partial charge in [0.1, 0.15) is 0 Å². The number of carbonyl (C=O) groups excluding carboxylic acids is 1. The van der Waals surface area contributed by atoms with E-state index in [1.54, 1.807) is 18.2 Å². The number of hydrogen-bond acceptors (Lipinski definition) is 3. The molecule has 0 bridgehead atoms. The second kappa shape index (κ2) is 5.51. The standard InChI is InChI=1S/C14H10Cl2O3/c1-19-14-4-8(7-17)11(6-13(14)18)10-3-2-9(15)5-12(10)16/h2-7,18H,1H3. The second-order valence-corrected chi connectivity index (χ2v) is 4.70. The lowest BCUT2D eigenvalue weighted by Gasteiger charge is -2.11. The number of methoxy groups -OCH3 is 1. The van der Waals surface area contributed by atoms with Gasteiger partial charge >= 0.3 is 0 Å². The van der Waals surface area contributed by atoms with Crippen LogP contribution in [0.5, 0.6) is 11.5 Å². The van der Waals surface area contributed by atoms with Crippen molar-refractivity contribution in [3.8, 4) is 22.6 Å². The van der Waals surface area contributed by atoms with Gasteiger partial charge in [-0.3, -0.25) is 4.79 Å². The highest BCUT2D eigenvalue weighted by Gasteiger charge is 2.13. The number of phenols is 1. The van der Waals surface area contributed by atoms with Crippen LogP contribution in [0.1, 0.15) is 10.4 Å². The molecule has 0 aliphatic carbocycles. The molecule has 19 heavy (non-hydrogen) atoms. The first-order chi connectivity index (χ1) is 9.06. The van der Waals surface area contributed by atoms with Gasteiger partial charge < -0.3 is 9.84 Å². The minimum absolute atomic E-state index is 0.0610. The predicted octanol–water partition coefficient (Wildman–Crippen LogP) is 4.19. The zero-order valence-corrected chi connectivity index (χ0v) is 11.5. The van der Waals surface area contributed by atoms with Crippen LogP contribution in [0.2, 0.25) is 10.0 Å². The van der Waals surface area contributed by atoms with Crippen LogP contribution < -0.4 is 4.74 Å². The summed E-state index contributed by atoms with van der Waals surface area (Å²) in [7, 11) is 1.42. The van der Waals surface area contributed by atoms with E-state index < -0.39 is 0 Å². The molecule has 0 atom stereocenters. The second-order valence-electron chi connectivity index (χ2n) is 3.85.